The summed E-state index contributed by atoms with van der Waals surface area (Å²) in [5, 5.41) is 3.82. The van der Waals surface area contributed by atoms with Crippen LogP contribution in [0.2, 0.25) is 0 Å². The highest BCUT2D eigenvalue weighted by molar-refractivity contribution is 5.98. The molecule has 3 aromatic rings. The average Bonchev–Trinajstić information content (AvgIpc) is 3.03. The van der Waals surface area contributed by atoms with Crippen LogP contribution in [0.15, 0.2) is 66.9 Å². The number of likely N-dealkylation sites (N-methyl/N-ethyl adjacent to an activating group) is 1. The normalized spacial score (nSPS) is 11.4. The van der Waals surface area contributed by atoms with E-state index in [1.165, 1.54) is 12.2 Å². The number of nitrogens with zero attached hydrogens (tertiary/aromatic N) is 3. The number of rotatable bonds is 6. The zero-order valence-electron chi connectivity index (χ0n) is 16.8. The van der Waals surface area contributed by atoms with Crippen molar-refractivity contribution in [3.05, 3.63) is 78.1 Å². The van der Waals surface area contributed by atoms with Crippen molar-refractivity contribution in [1.29, 1.82) is 0 Å². The number of carbonyl (C=O) groups excluding carboxylic acids is 2. The highest BCUT2D eigenvalue weighted by Gasteiger charge is 2.10. The molecule has 0 spiro atoms. The lowest BCUT2D eigenvalue weighted by Gasteiger charge is -2.15. The first-order valence-corrected chi connectivity index (χ1v) is 9.34. The predicted octanol–water partition coefficient (Wildman–Crippen LogP) is 3.76. The molecule has 2 aromatic heterocycles. The number of hydrogen-bond acceptors (Lipinski definition) is 3. The van der Waals surface area contributed by atoms with Crippen LogP contribution in [-0.2, 0) is 23.2 Å². The number of allylic oxidation sites excluding steroid dienone is 1. The van der Waals surface area contributed by atoms with E-state index in [-0.39, 0.29) is 11.8 Å². The first-order valence-electron chi connectivity index (χ1n) is 9.34. The largest absolute Gasteiger partial charge is 0.346 e. The van der Waals surface area contributed by atoms with Gasteiger partial charge in [-0.3, -0.25) is 9.59 Å². The van der Waals surface area contributed by atoms with Crippen molar-refractivity contribution in [2.24, 2.45) is 7.05 Å². The second-order valence-electron chi connectivity index (χ2n) is 6.75. The molecule has 0 saturated heterocycles. The third-order valence-electron chi connectivity index (χ3n) is 4.60. The van der Waals surface area contributed by atoms with Gasteiger partial charge in [-0.05, 0) is 54.3 Å². The zero-order valence-corrected chi connectivity index (χ0v) is 16.8. The maximum atomic E-state index is 12.5. The maximum Gasteiger partial charge on any atom is 0.249 e. The lowest BCUT2D eigenvalue weighted by Crippen LogP contribution is -2.25. The molecule has 0 aliphatic heterocycles. The number of aromatic nitrogens is 2. The maximum absolute atomic E-state index is 12.5. The quantitative estimate of drug-likeness (QED) is 0.654. The smallest absolute Gasteiger partial charge is 0.249 e. The molecule has 0 fully saturated rings. The van der Waals surface area contributed by atoms with Crippen LogP contribution in [0, 0.1) is 0 Å². The molecule has 148 valence electrons. The highest BCUT2D eigenvalue weighted by atomic mass is 16.2. The zero-order chi connectivity index (χ0) is 20.8. The lowest BCUT2D eigenvalue weighted by molar-refractivity contribution is -0.125. The van der Waals surface area contributed by atoms with Gasteiger partial charge in [0, 0.05) is 37.6 Å². The molecule has 2 heterocycles. The van der Waals surface area contributed by atoms with E-state index in [2.05, 4.69) is 33.1 Å². The van der Waals surface area contributed by atoms with E-state index in [4.69, 9.17) is 0 Å². The van der Waals surface area contributed by atoms with Crippen LogP contribution in [0.1, 0.15) is 18.2 Å². The van der Waals surface area contributed by atoms with Crippen molar-refractivity contribution in [2.75, 3.05) is 12.4 Å². The van der Waals surface area contributed by atoms with Gasteiger partial charge in [-0.2, -0.15) is 0 Å². The van der Waals surface area contributed by atoms with Crippen molar-refractivity contribution in [1.82, 2.24) is 14.5 Å². The number of carbonyl (C=O) groups is 2. The van der Waals surface area contributed by atoms with E-state index in [0.717, 1.165) is 22.2 Å². The minimum atomic E-state index is -0.228. The molecule has 0 saturated carbocycles. The molecule has 29 heavy (non-hydrogen) atoms. The van der Waals surface area contributed by atoms with E-state index in [9.17, 15) is 9.59 Å². The van der Waals surface area contributed by atoms with Gasteiger partial charge in [0.1, 0.15) is 5.82 Å². The molecule has 0 bridgehead atoms. The number of nitrogens with one attached hydrogen (secondary N) is 1. The first kappa shape index (κ1) is 20.1. The minimum absolute atomic E-state index is 0.0966. The fraction of sp³-hybridized carbons (Fsp3) is 0.174. The van der Waals surface area contributed by atoms with Gasteiger partial charge < -0.3 is 14.8 Å². The van der Waals surface area contributed by atoms with Gasteiger partial charge in [0.05, 0.1) is 6.54 Å². The van der Waals surface area contributed by atoms with Crippen LogP contribution in [0.5, 0.6) is 0 Å². The fourth-order valence-corrected chi connectivity index (χ4v) is 3.01. The Morgan fingerprint density at radius 1 is 1.17 bits per heavy atom. The molecule has 6 nitrogen and oxygen atoms in total. The van der Waals surface area contributed by atoms with Gasteiger partial charge in [-0.1, -0.05) is 24.3 Å². The van der Waals surface area contributed by atoms with Crippen LogP contribution >= 0.6 is 0 Å². The summed E-state index contributed by atoms with van der Waals surface area (Å²) in [5.74, 6) is 0.138. The number of amides is 2. The minimum Gasteiger partial charge on any atom is -0.346 e. The fourth-order valence-electron chi connectivity index (χ4n) is 3.01. The molecule has 0 radical (unpaired) electrons. The number of aryl methyl sites for hydroxylation is 1. The second-order valence-corrected chi connectivity index (χ2v) is 6.75. The van der Waals surface area contributed by atoms with Gasteiger partial charge in [0.15, 0.2) is 0 Å². The highest BCUT2D eigenvalue weighted by Crippen LogP contribution is 2.19. The van der Waals surface area contributed by atoms with Gasteiger partial charge in [-0.15, -0.1) is 0 Å². The van der Waals surface area contributed by atoms with Crippen molar-refractivity contribution < 1.29 is 9.59 Å². The number of fused-ring (bicyclic) bond motifs is 1. The summed E-state index contributed by atoms with van der Waals surface area (Å²) in [6.07, 6.45) is 7.94. The van der Waals surface area contributed by atoms with Gasteiger partial charge >= 0.3 is 0 Å². The summed E-state index contributed by atoms with van der Waals surface area (Å²) < 4.78 is 2.10. The van der Waals surface area contributed by atoms with E-state index >= 15 is 0 Å². The molecule has 1 aromatic carbocycles. The number of para-hydroxylation sites is 1. The van der Waals surface area contributed by atoms with Crippen molar-refractivity contribution in [3.8, 4) is 0 Å². The topological polar surface area (TPSA) is 67.2 Å². The average molecular weight is 388 g/mol. The Kier molecular flexibility index (Phi) is 6.24. The second kappa shape index (κ2) is 9.01. The van der Waals surface area contributed by atoms with E-state index in [1.54, 1.807) is 49.4 Å². The Morgan fingerprint density at radius 3 is 2.66 bits per heavy atom. The molecule has 3 rings (SSSR count). The molecule has 0 atom stereocenters. The number of anilines is 1. The summed E-state index contributed by atoms with van der Waals surface area (Å²) >= 11 is 0. The molecule has 0 unspecified atom stereocenters. The van der Waals surface area contributed by atoms with Gasteiger partial charge in [-0.25, -0.2) is 4.98 Å². The summed E-state index contributed by atoms with van der Waals surface area (Å²) in [6.45, 7) is 2.29. The predicted molar refractivity (Wildman–Crippen MR) is 116 cm³/mol. The van der Waals surface area contributed by atoms with Gasteiger partial charge in [0.25, 0.3) is 0 Å². The Labute approximate surface area is 170 Å². The Balaban J connectivity index is 1.62. The van der Waals surface area contributed by atoms with Crippen LogP contribution in [0.4, 0.5) is 5.82 Å². The third kappa shape index (κ3) is 4.99. The number of benzene rings is 1. The summed E-state index contributed by atoms with van der Waals surface area (Å²) in [4.78, 5) is 29.8. The molecule has 2 amide bonds. The lowest BCUT2D eigenvalue weighted by atomic mass is 10.2. The molecule has 6 heteroatoms. The van der Waals surface area contributed by atoms with E-state index in [0.29, 0.717) is 12.4 Å². The standard InChI is InChI=1S/C23H24N4O2/c1-4-7-22(28)25-21-12-10-17(15-24-21)11-13-23(29)26(2)16-19-14-18-8-5-6-9-20(18)27(19)3/h4-15H,16H2,1-3H3,(H,24,25,28). The molecule has 0 aliphatic rings. The molecule has 0 aliphatic carbocycles. The van der Waals surface area contributed by atoms with Crippen LogP contribution in [0.3, 0.4) is 0 Å². The van der Waals surface area contributed by atoms with Gasteiger partial charge in [0.2, 0.25) is 11.8 Å². The number of pyridine rings is 1. The van der Waals surface area contributed by atoms with Crippen LogP contribution in [-0.4, -0.2) is 33.3 Å². The summed E-state index contributed by atoms with van der Waals surface area (Å²) in [5.41, 5.74) is 2.99. The summed E-state index contributed by atoms with van der Waals surface area (Å²) in [6, 6.07) is 13.8. The molecular weight excluding hydrogens is 364 g/mol. The van der Waals surface area contributed by atoms with Crippen LogP contribution < -0.4 is 5.32 Å². The number of hydrogen-bond donors (Lipinski definition) is 1. The first-order chi connectivity index (χ1) is 14.0. The van der Waals surface area contributed by atoms with E-state index < -0.39 is 0 Å². The Bertz CT molecular complexity index is 1080. The SMILES string of the molecule is CC=CC(=O)Nc1ccc(C=CC(=O)N(C)Cc2cc3ccccc3n2C)cn1. The summed E-state index contributed by atoms with van der Waals surface area (Å²) in [7, 11) is 3.79. The monoisotopic (exact) mass is 388 g/mol. The van der Waals surface area contributed by atoms with Crippen molar-refractivity contribution in [3.63, 3.8) is 0 Å². The molecule has 1 N–H and O–H groups in total. The van der Waals surface area contributed by atoms with Crippen molar-refractivity contribution in [2.45, 2.75) is 13.5 Å². The van der Waals surface area contributed by atoms with Crippen LogP contribution in [0.25, 0.3) is 17.0 Å². The third-order valence-corrected chi connectivity index (χ3v) is 4.60. The van der Waals surface area contributed by atoms with Crippen molar-refractivity contribution >= 4 is 34.6 Å². The van der Waals surface area contributed by atoms with E-state index in [1.807, 2.05) is 19.2 Å². The molecular formula is C23H24N4O2. The Hall–Kier alpha value is -3.67. The Morgan fingerprint density at radius 2 is 1.97 bits per heavy atom.